The van der Waals surface area contributed by atoms with Gasteiger partial charge in [0, 0.05) is 18.3 Å². The van der Waals surface area contributed by atoms with Crippen LogP contribution in [0.2, 0.25) is 0 Å². The van der Waals surface area contributed by atoms with Gasteiger partial charge in [0.15, 0.2) is 0 Å². The molecule has 0 aromatic carbocycles. The number of hydrogen-bond acceptors (Lipinski definition) is 5. The number of hydrogen-bond donors (Lipinski definition) is 4. The number of carbonyl (C=O) groups is 2. The third kappa shape index (κ3) is 6.98. The molecule has 0 aliphatic carbocycles. The van der Waals surface area contributed by atoms with Crippen LogP contribution < -0.4 is 21.7 Å². The number of unbranched alkanes of at least 4 members (excludes halogenated alkanes) is 1. The largest absolute Gasteiger partial charge is 0.351 e. The molecule has 3 amide bonds. The molecule has 28 heavy (non-hydrogen) atoms. The minimum atomic E-state index is -0.764. The lowest BCUT2D eigenvalue weighted by molar-refractivity contribution is 0.0958. The molecule has 0 saturated heterocycles. The number of primary amides is 1. The van der Waals surface area contributed by atoms with Crippen molar-refractivity contribution in [1.29, 1.82) is 0 Å². The van der Waals surface area contributed by atoms with Crippen LogP contribution in [0.4, 0.5) is 14.9 Å². The number of aromatic nitrogens is 1. The molecule has 0 aliphatic heterocycles. The van der Waals surface area contributed by atoms with Gasteiger partial charge in [0.25, 0.3) is 5.91 Å². The van der Waals surface area contributed by atoms with Gasteiger partial charge >= 0.3 is 6.03 Å². The normalized spacial score (nSPS) is 10.1. The number of anilines is 1. The summed E-state index contributed by atoms with van der Waals surface area (Å²) < 4.78 is 12.8. The fraction of sp³-hybridized carbons (Fsp3) is 0.316. The summed E-state index contributed by atoms with van der Waals surface area (Å²) in [6.45, 7) is 4.39. The summed E-state index contributed by atoms with van der Waals surface area (Å²) in [5.74, 6) is 4.85. The van der Waals surface area contributed by atoms with Crippen LogP contribution >= 0.6 is 11.3 Å². The number of rotatable bonds is 8. The fourth-order valence-electron chi connectivity index (χ4n) is 2.26. The highest BCUT2D eigenvalue weighted by atomic mass is 32.1. The van der Waals surface area contributed by atoms with Crippen LogP contribution in [0.25, 0.3) is 0 Å². The van der Waals surface area contributed by atoms with Gasteiger partial charge in [0.2, 0.25) is 5.95 Å². The van der Waals surface area contributed by atoms with Gasteiger partial charge in [-0.05, 0) is 44.1 Å². The quantitative estimate of drug-likeness (QED) is 0.308. The average molecular weight is 403 g/mol. The van der Waals surface area contributed by atoms with Crippen LogP contribution in [0.5, 0.6) is 0 Å². The van der Waals surface area contributed by atoms with E-state index in [9.17, 15) is 14.0 Å². The van der Waals surface area contributed by atoms with Crippen LogP contribution in [0.3, 0.4) is 0 Å². The molecule has 0 aliphatic rings. The first-order valence-corrected chi connectivity index (χ1v) is 9.64. The van der Waals surface area contributed by atoms with Crippen molar-refractivity contribution >= 4 is 29.0 Å². The number of nitrogens with one attached hydrogen (secondary N) is 3. The first-order chi connectivity index (χ1) is 13.5. The Hall–Kier alpha value is -2.96. The Balaban J connectivity index is 2.07. The van der Waals surface area contributed by atoms with Gasteiger partial charge in [0.1, 0.15) is 4.88 Å². The topological polar surface area (TPSA) is 109 Å². The number of amides is 3. The average Bonchev–Trinajstić information content (AvgIpc) is 3.06. The highest BCUT2D eigenvalue weighted by molar-refractivity contribution is 7.15. The molecule has 0 atom stereocenters. The SMILES string of the molecule is CCNCCCCNC(=O)c1sc(C#Cc2ccc(F)nc2)cc1NC(N)=O. The molecular formula is C19H22FN5O2S. The van der Waals surface area contributed by atoms with E-state index < -0.39 is 12.0 Å². The predicted octanol–water partition coefficient (Wildman–Crippen LogP) is 2.29. The number of nitrogens with two attached hydrogens (primary N) is 1. The molecule has 148 valence electrons. The Morgan fingerprint density at radius 2 is 2.04 bits per heavy atom. The maximum absolute atomic E-state index is 12.8. The second-order valence-electron chi connectivity index (χ2n) is 5.78. The van der Waals surface area contributed by atoms with Crippen LogP contribution in [-0.2, 0) is 0 Å². The van der Waals surface area contributed by atoms with E-state index in [1.165, 1.54) is 18.3 Å². The van der Waals surface area contributed by atoms with Crippen molar-refractivity contribution in [3.8, 4) is 11.8 Å². The molecule has 0 bridgehead atoms. The number of urea groups is 1. The van der Waals surface area contributed by atoms with Gasteiger partial charge in [-0.15, -0.1) is 11.3 Å². The summed E-state index contributed by atoms with van der Waals surface area (Å²) in [5.41, 5.74) is 6.03. The van der Waals surface area contributed by atoms with E-state index in [0.29, 0.717) is 27.5 Å². The Morgan fingerprint density at radius 1 is 1.25 bits per heavy atom. The van der Waals surface area contributed by atoms with Crippen molar-refractivity contribution < 1.29 is 14.0 Å². The second-order valence-corrected chi connectivity index (χ2v) is 6.83. The van der Waals surface area contributed by atoms with Gasteiger partial charge in [-0.25, -0.2) is 9.78 Å². The van der Waals surface area contributed by atoms with E-state index in [0.717, 1.165) is 37.3 Å². The Bertz CT molecular complexity index is 871. The molecule has 0 radical (unpaired) electrons. The van der Waals surface area contributed by atoms with Gasteiger partial charge in [0.05, 0.1) is 10.6 Å². The lowest BCUT2D eigenvalue weighted by atomic mass is 10.2. The smallest absolute Gasteiger partial charge is 0.316 e. The summed E-state index contributed by atoms with van der Waals surface area (Å²) in [5, 5.41) is 8.50. The number of pyridine rings is 1. The Kier molecular flexibility index (Phi) is 8.39. The zero-order chi connectivity index (χ0) is 20.4. The van der Waals surface area contributed by atoms with Crippen molar-refractivity contribution in [3.05, 3.63) is 45.7 Å². The summed E-state index contributed by atoms with van der Waals surface area (Å²) in [6.07, 6.45) is 3.11. The van der Waals surface area contributed by atoms with Crippen molar-refractivity contribution in [2.45, 2.75) is 19.8 Å². The lowest BCUT2D eigenvalue weighted by Crippen LogP contribution is -2.26. The molecule has 0 spiro atoms. The third-order valence-electron chi connectivity index (χ3n) is 3.57. The van der Waals surface area contributed by atoms with Crippen LogP contribution in [-0.4, -0.2) is 36.6 Å². The molecule has 9 heteroatoms. The first kappa shape index (κ1) is 21.3. The molecule has 0 fully saturated rings. The number of carbonyl (C=O) groups excluding carboxylic acids is 2. The monoisotopic (exact) mass is 403 g/mol. The van der Waals surface area contributed by atoms with E-state index in [1.54, 1.807) is 6.07 Å². The third-order valence-corrected chi connectivity index (χ3v) is 4.62. The van der Waals surface area contributed by atoms with Gasteiger partial charge in [-0.2, -0.15) is 4.39 Å². The summed E-state index contributed by atoms with van der Waals surface area (Å²) in [7, 11) is 0. The van der Waals surface area contributed by atoms with Gasteiger partial charge < -0.3 is 21.7 Å². The number of thiophene rings is 1. The van der Waals surface area contributed by atoms with Crippen molar-refractivity contribution in [3.63, 3.8) is 0 Å². The summed E-state index contributed by atoms with van der Waals surface area (Å²) in [6, 6.07) is 3.54. The predicted molar refractivity (Wildman–Crippen MR) is 108 cm³/mol. The van der Waals surface area contributed by atoms with Crippen molar-refractivity contribution in [1.82, 2.24) is 15.6 Å². The van der Waals surface area contributed by atoms with E-state index >= 15 is 0 Å². The molecule has 2 aromatic rings. The minimum Gasteiger partial charge on any atom is -0.351 e. The number of halogens is 1. The lowest BCUT2D eigenvalue weighted by Gasteiger charge is -2.06. The van der Waals surface area contributed by atoms with Crippen molar-refractivity contribution in [2.24, 2.45) is 5.73 Å². The highest BCUT2D eigenvalue weighted by Crippen LogP contribution is 2.27. The maximum Gasteiger partial charge on any atom is 0.316 e. The highest BCUT2D eigenvalue weighted by Gasteiger charge is 2.16. The molecular weight excluding hydrogens is 381 g/mol. The van der Waals surface area contributed by atoms with E-state index in [2.05, 4.69) is 32.8 Å². The first-order valence-electron chi connectivity index (χ1n) is 8.82. The molecule has 2 rings (SSSR count). The zero-order valence-electron chi connectivity index (χ0n) is 15.5. The van der Waals surface area contributed by atoms with Gasteiger partial charge in [-0.1, -0.05) is 18.8 Å². The number of nitrogens with zero attached hydrogens (tertiary/aromatic N) is 1. The van der Waals surface area contributed by atoms with Crippen LogP contribution in [0.1, 0.15) is 39.9 Å². The van der Waals surface area contributed by atoms with E-state index in [-0.39, 0.29) is 5.91 Å². The van der Waals surface area contributed by atoms with Crippen LogP contribution in [0.15, 0.2) is 24.4 Å². The zero-order valence-corrected chi connectivity index (χ0v) is 16.3. The molecule has 7 nitrogen and oxygen atoms in total. The molecule has 0 saturated carbocycles. The second kappa shape index (κ2) is 11.0. The molecule has 0 unspecified atom stereocenters. The Morgan fingerprint density at radius 3 is 2.71 bits per heavy atom. The maximum atomic E-state index is 12.8. The Labute approximate surface area is 166 Å². The van der Waals surface area contributed by atoms with E-state index in [1.807, 2.05) is 6.92 Å². The summed E-state index contributed by atoms with van der Waals surface area (Å²) >= 11 is 1.14. The van der Waals surface area contributed by atoms with Crippen molar-refractivity contribution in [2.75, 3.05) is 25.0 Å². The minimum absolute atomic E-state index is 0.298. The molecule has 5 N–H and O–H groups in total. The van der Waals surface area contributed by atoms with Crippen LogP contribution in [0, 0.1) is 17.8 Å². The van der Waals surface area contributed by atoms with Gasteiger partial charge in [-0.3, -0.25) is 4.79 Å². The summed E-state index contributed by atoms with van der Waals surface area (Å²) in [4.78, 5) is 28.1. The molecule has 2 heterocycles. The molecule has 2 aromatic heterocycles. The standard InChI is InChI=1S/C19H22FN5O2S/c1-2-22-9-3-4-10-23-18(26)17-15(25-19(21)27)11-14(28-17)7-5-13-6-8-16(20)24-12-13/h6,8,11-12,22H,2-4,9-10H2,1H3,(H,23,26)(H3,21,25,27). The fourth-order valence-corrected chi connectivity index (χ4v) is 3.15. The van der Waals surface area contributed by atoms with E-state index in [4.69, 9.17) is 5.73 Å².